The van der Waals surface area contributed by atoms with Crippen molar-refractivity contribution in [3.05, 3.63) is 38.7 Å². The summed E-state index contributed by atoms with van der Waals surface area (Å²) in [6, 6.07) is 1.90. The second-order valence-corrected chi connectivity index (χ2v) is 5.17. The molecule has 3 nitrogen and oxygen atoms in total. The third-order valence-electron chi connectivity index (χ3n) is 1.55. The summed E-state index contributed by atoms with van der Waals surface area (Å²) in [6.07, 6.45) is 0. The van der Waals surface area contributed by atoms with E-state index in [0.717, 1.165) is 12.1 Å². The van der Waals surface area contributed by atoms with Gasteiger partial charge >= 0.3 is 5.69 Å². The highest BCUT2D eigenvalue weighted by Gasteiger charge is 2.32. The summed E-state index contributed by atoms with van der Waals surface area (Å²) in [6.45, 7) is 0. The number of benzene rings is 1. The van der Waals surface area contributed by atoms with Crippen molar-refractivity contribution in [1.29, 1.82) is 0 Å². The lowest BCUT2D eigenvalue weighted by Crippen LogP contribution is -2.04. The van der Waals surface area contributed by atoms with E-state index in [1.54, 1.807) is 0 Å². The molecule has 0 saturated carbocycles. The molecule has 0 atom stereocenters. The van der Waals surface area contributed by atoms with Gasteiger partial charge < -0.3 is 0 Å². The van der Waals surface area contributed by atoms with Crippen molar-refractivity contribution in [1.82, 2.24) is 0 Å². The van der Waals surface area contributed by atoms with E-state index in [-0.39, 0.29) is 5.56 Å². The lowest BCUT2D eigenvalue weighted by molar-refractivity contribution is -0.387. The zero-order chi connectivity index (χ0) is 11.8. The van der Waals surface area contributed by atoms with Crippen LogP contribution < -0.4 is 0 Å². The Balaban J connectivity index is 3.49. The average Bonchev–Trinajstić information content (AvgIpc) is 2.00. The first-order chi connectivity index (χ1) is 6.75. The van der Waals surface area contributed by atoms with Crippen molar-refractivity contribution >= 4 is 52.1 Å². The van der Waals surface area contributed by atoms with Crippen LogP contribution in [-0.4, -0.2) is 4.92 Å². The van der Waals surface area contributed by atoms with E-state index in [1.807, 2.05) is 0 Å². The fraction of sp³-hybridized carbons (Fsp3) is 0.143. The van der Waals surface area contributed by atoms with Gasteiger partial charge in [0.1, 0.15) is 5.02 Å². The van der Waals surface area contributed by atoms with Crippen molar-refractivity contribution in [3.63, 3.8) is 0 Å². The number of nitro groups is 1. The molecule has 8 heteroatoms. The summed E-state index contributed by atoms with van der Waals surface area (Å²) >= 11 is 22.0. The van der Waals surface area contributed by atoms with Gasteiger partial charge in [-0.25, -0.2) is 0 Å². The maximum Gasteiger partial charge on any atom is 0.323 e. The molecule has 0 radical (unpaired) electrons. The van der Waals surface area contributed by atoms with Gasteiger partial charge in [0, 0.05) is 5.56 Å². The largest absolute Gasteiger partial charge is 0.323 e. The smallest absolute Gasteiger partial charge is 0.258 e. The molecule has 0 spiro atoms. The SMILES string of the molecule is O=[N+]([O-])c1c(F)ccc(C(Cl)(Cl)Cl)c1Cl. The van der Waals surface area contributed by atoms with Crippen molar-refractivity contribution in [2.24, 2.45) is 0 Å². The minimum Gasteiger partial charge on any atom is -0.258 e. The van der Waals surface area contributed by atoms with Crippen molar-refractivity contribution < 1.29 is 9.31 Å². The summed E-state index contributed by atoms with van der Waals surface area (Å²) in [4.78, 5) is 9.50. The van der Waals surface area contributed by atoms with Crippen LogP contribution >= 0.6 is 46.4 Å². The highest BCUT2D eigenvalue weighted by molar-refractivity contribution is 6.67. The van der Waals surface area contributed by atoms with Crippen LogP contribution in [0.5, 0.6) is 0 Å². The van der Waals surface area contributed by atoms with Gasteiger partial charge in [-0.2, -0.15) is 4.39 Å². The molecular weight excluding hydrogens is 291 g/mol. The first-order valence-corrected chi connectivity index (χ1v) is 4.96. The van der Waals surface area contributed by atoms with Crippen LogP contribution in [0.1, 0.15) is 5.56 Å². The van der Waals surface area contributed by atoms with Gasteiger partial charge in [-0.3, -0.25) is 10.1 Å². The monoisotopic (exact) mass is 291 g/mol. The molecule has 0 aliphatic carbocycles. The number of hydrogen-bond acceptors (Lipinski definition) is 2. The van der Waals surface area contributed by atoms with E-state index in [4.69, 9.17) is 46.4 Å². The van der Waals surface area contributed by atoms with E-state index >= 15 is 0 Å². The minimum atomic E-state index is -1.93. The fourth-order valence-corrected chi connectivity index (χ4v) is 1.91. The van der Waals surface area contributed by atoms with Gasteiger partial charge in [-0.05, 0) is 12.1 Å². The number of rotatable bonds is 1. The quantitative estimate of drug-likeness (QED) is 0.442. The van der Waals surface area contributed by atoms with Gasteiger partial charge in [0.05, 0.1) is 4.92 Å². The van der Waals surface area contributed by atoms with Crippen LogP contribution in [0.4, 0.5) is 10.1 Å². The molecule has 0 aromatic heterocycles. The van der Waals surface area contributed by atoms with Crippen LogP contribution in [0, 0.1) is 15.9 Å². The Morgan fingerprint density at radius 3 is 2.27 bits per heavy atom. The summed E-state index contributed by atoms with van der Waals surface area (Å²) in [5.74, 6) is -1.08. The third-order valence-corrected chi connectivity index (χ3v) is 2.55. The first-order valence-electron chi connectivity index (χ1n) is 3.44. The maximum absolute atomic E-state index is 13.0. The molecule has 0 unspecified atom stereocenters. The highest BCUT2D eigenvalue weighted by atomic mass is 35.6. The Bertz CT molecular complexity index is 418. The van der Waals surface area contributed by atoms with Crippen molar-refractivity contribution in [3.8, 4) is 0 Å². The first kappa shape index (κ1) is 12.8. The molecule has 1 aromatic carbocycles. The number of alkyl halides is 3. The lowest BCUT2D eigenvalue weighted by Gasteiger charge is -2.12. The van der Waals surface area contributed by atoms with Gasteiger partial charge in [-0.1, -0.05) is 46.4 Å². The Kier molecular flexibility index (Phi) is 3.66. The molecule has 0 saturated heterocycles. The molecule has 1 rings (SSSR count). The standard InChI is InChI=1S/C7H2Cl4FNO2/c8-5-3(7(9,10)11)1-2-4(12)6(5)13(14)15/h1-2H. The molecule has 0 fully saturated rings. The molecular formula is C7H2Cl4FNO2. The van der Waals surface area contributed by atoms with Crippen molar-refractivity contribution in [2.45, 2.75) is 3.79 Å². The Labute approximate surface area is 104 Å². The second-order valence-electron chi connectivity index (χ2n) is 2.51. The van der Waals surface area contributed by atoms with Gasteiger partial charge in [0.2, 0.25) is 9.61 Å². The van der Waals surface area contributed by atoms with Crippen LogP contribution in [0.3, 0.4) is 0 Å². The van der Waals surface area contributed by atoms with Crippen LogP contribution in [0.25, 0.3) is 0 Å². The summed E-state index contributed by atoms with van der Waals surface area (Å²) in [5.41, 5.74) is -1.04. The predicted molar refractivity (Wildman–Crippen MR) is 57.3 cm³/mol. The third kappa shape index (κ3) is 2.64. The molecule has 15 heavy (non-hydrogen) atoms. The predicted octanol–water partition coefficient (Wildman–Crippen LogP) is 4.21. The Hall–Kier alpha value is -0.290. The van der Waals surface area contributed by atoms with Crippen LogP contribution in [-0.2, 0) is 3.79 Å². The molecule has 0 aliphatic rings. The van der Waals surface area contributed by atoms with E-state index in [2.05, 4.69) is 0 Å². The number of nitrogens with zero attached hydrogens (tertiary/aromatic N) is 1. The van der Waals surface area contributed by atoms with Crippen LogP contribution in [0.15, 0.2) is 12.1 Å². The summed E-state index contributed by atoms with van der Waals surface area (Å²) < 4.78 is 11.1. The van der Waals surface area contributed by atoms with Crippen LogP contribution in [0.2, 0.25) is 5.02 Å². The van der Waals surface area contributed by atoms with Gasteiger partial charge in [-0.15, -0.1) is 0 Å². The van der Waals surface area contributed by atoms with Gasteiger partial charge in [0.25, 0.3) is 0 Å². The minimum absolute atomic E-state index is 0.137. The average molecular weight is 293 g/mol. The van der Waals surface area contributed by atoms with E-state index < -0.39 is 25.2 Å². The van der Waals surface area contributed by atoms with E-state index in [1.165, 1.54) is 0 Å². The number of halogens is 5. The zero-order valence-corrected chi connectivity index (χ0v) is 9.83. The lowest BCUT2D eigenvalue weighted by atomic mass is 10.2. The molecule has 0 amide bonds. The number of nitro benzene ring substituents is 1. The molecule has 82 valence electrons. The Morgan fingerprint density at radius 2 is 1.87 bits per heavy atom. The maximum atomic E-state index is 13.0. The molecule has 0 heterocycles. The molecule has 0 aliphatic heterocycles. The number of hydrogen-bond donors (Lipinski definition) is 0. The zero-order valence-electron chi connectivity index (χ0n) is 6.81. The van der Waals surface area contributed by atoms with Gasteiger partial charge in [0.15, 0.2) is 0 Å². The normalized spacial score (nSPS) is 11.5. The van der Waals surface area contributed by atoms with E-state index in [9.17, 15) is 14.5 Å². The topological polar surface area (TPSA) is 43.1 Å². The fourth-order valence-electron chi connectivity index (χ4n) is 0.927. The molecule has 1 aromatic rings. The molecule has 0 bridgehead atoms. The summed E-state index contributed by atoms with van der Waals surface area (Å²) in [5, 5.41) is 9.96. The van der Waals surface area contributed by atoms with E-state index in [0.29, 0.717) is 0 Å². The van der Waals surface area contributed by atoms with Crippen molar-refractivity contribution in [2.75, 3.05) is 0 Å². The Morgan fingerprint density at radius 1 is 1.33 bits per heavy atom. The highest BCUT2D eigenvalue weighted by Crippen LogP contribution is 2.45. The molecule has 0 N–H and O–H groups in total. The second kappa shape index (κ2) is 4.29. The summed E-state index contributed by atoms with van der Waals surface area (Å²) in [7, 11) is 0.